The van der Waals surface area contributed by atoms with Gasteiger partial charge in [0.05, 0.1) is 4.92 Å². The van der Waals surface area contributed by atoms with E-state index in [1.807, 2.05) is 32.0 Å². The first-order valence-corrected chi connectivity index (χ1v) is 6.62. The number of benzene rings is 2. The van der Waals surface area contributed by atoms with Crippen molar-refractivity contribution < 1.29 is 4.92 Å². The van der Waals surface area contributed by atoms with Crippen LogP contribution < -0.4 is 5.32 Å². The highest BCUT2D eigenvalue weighted by Crippen LogP contribution is 2.29. The summed E-state index contributed by atoms with van der Waals surface area (Å²) in [5.74, 6) is 0. The zero-order valence-electron chi connectivity index (χ0n) is 11.3. The molecular formula is C15H15ClN2O2. The van der Waals surface area contributed by atoms with Crippen molar-refractivity contribution in [3.05, 3.63) is 68.7 Å². The van der Waals surface area contributed by atoms with Crippen molar-refractivity contribution in [1.29, 1.82) is 0 Å². The van der Waals surface area contributed by atoms with Crippen LogP contribution in [0.2, 0.25) is 5.02 Å². The molecule has 0 amide bonds. The van der Waals surface area contributed by atoms with E-state index in [1.165, 1.54) is 17.7 Å². The maximum absolute atomic E-state index is 10.9. The molecule has 0 heterocycles. The fourth-order valence-electron chi connectivity index (χ4n) is 2.02. The van der Waals surface area contributed by atoms with Gasteiger partial charge in [-0.1, -0.05) is 41.4 Å². The van der Waals surface area contributed by atoms with Gasteiger partial charge >= 0.3 is 0 Å². The van der Waals surface area contributed by atoms with Crippen LogP contribution in [0.5, 0.6) is 0 Å². The van der Waals surface area contributed by atoms with Gasteiger partial charge < -0.3 is 5.32 Å². The molecule has 0 saturated heterocycles. The predicted molar refractivity (Wildman–Crippen MR) is 81.3 cm³/mol. The molecule has 4 nitrogen and oxygen atoms in total. The normalized spacial score (nSPS) is 11.9. The van der Waals surface area contributed by atoms with Gasteiger partial charge in [-0.05, 0) is 31.5 Å². The highest BCUT2D eigenvalue weighted by Gasteiger charge is 2.14. The Hall–Kier alpha value is -2.07. The number of hydrogen-bond acceptors (Lipinski definition) is 3. The third-order valence-corrected chi connectivity index (χ3v) is 3.39. The number of nitro groups is 1. The molecule has 0 saturated carbocycles. The molecule has 20 heavy (non-hydrogen) atoms. The van der Waals surface area contributed by atoms with Gasteiger partial charge in [0.25, 0.3) is 5.69 Å². The summed E-state index contributed by atoms with van der Waals surface area (Å²) in [6.45, 7) is 4.04. The second-order valence-electron chi connectivity index (χ2n) is 4.70. The predicted octanol–water partition coefficient (Wildman–Crippen LogP) is 4.73. The molecule has 0 spiro atoms. The Morgan fingerprint density at radius 1 is 1.25 bits per heavy atom. The number of anilines is 1. The molecule has 104 valence electrons. The molecule has 0 aliphatic heterocycles. The van der Waals surface area contributed by atoms with Crippen molar-refractivity contribution in [3.63, 3.8) is 0 Å². The second-order valence-corrected chi connectivity index (χ2v) is 5.11. The average molecular weight is 291 g/mol. The molecule has 0 aromatic heterocycles. The maximum atomic E-state index is 10.9. The van der Waals surface area contributed by atoms with Gasteiger partial charge in [0.1, 0.15) is 5.02 Å². The number of halogens is 1. The Balaban J connectivity index is 2.22. The minimum atomic E-state index is -0.481. The third kappa shape index (κ3) is 3.27. The van der Waals surface area contributed by atoms with Crippen LogP contribution in [0.1, 0.15) is 24.1 Å². The molecule has 2 rings (SSSR count). The van der Waals surface area contributed by atoms with E-state index in [1.54, 1.807) is 6.07 Å². The number of aryl methyl sites for hydroxylation is 1. The minimum absolute atomic E-state index is 0.0516. The van der Waals surface area contributed by atoms with E-state index in [4.69, 9.17) is 11.6 Å². The lowest BCUT2D eigenvalue weighted by Crippen LogP contribution is -2.07. The third-order valence-electron chi connectivity index (χ3n) is 3.07. The largest absolute Gasteiger partial charge is 0.378 e. The Morgan fingerprint density at radius 3 is 2.65 bits per heavy atom. The van der Waals surface area contributed by atoms with E-state index in [-0.39, 0.29) is 16.8 Å². The summed E-state index contributed by atoms with van der Waals surface area (Å²) < 4.78 is 0. The zero-order chi connectivity index (χ0) is 14.7. The van der Waals surface area contributed by atoms with E-state index < -0.39 is 4.92 Å². The Labute approximate surface area is 122 Å². The smallest absolute Gasteiger partial charge is 0.289 e. The lowest BCUT2D eigenvalue weighted by molar-refractivity contribution is -0.384. The summed E-state index contributed by atoms with van der Waals surface area (Å²) in [7, 11) is 0. The monoisotopic (exact) mass is 290 g/mol. The quantitative estimate of drug-likeness (QED) is 0.654. The van der Waals surface area contributed by atoms with Crippen LogP contribution in [0.25, 0.3) is 0 Å². The lowest BCUT2D eigenvalue weighted by Gasteiger charge is -2.16. The molecular weight excluding hydrogens is 276 g/mol. The standard InChI is InChI=1S/C15H15ClN2O2/c1-10-4-3-5-12(8-10)11(2)17-13-6-7-14(16)15(9-13)18(19)20/h3-9,11,17H,1-2H3. The van der Waals surface area contributed by atoms with E-state index >= 15 is 0 Å². The van der Waals surface area contributed by atoms with Crippen molar-refractivity contribution >= 4 is 23.0 Å². The van der Waals surface area contributed by atoms with Crippen molar-refractivity contribution in [2.45, 2.75) is 19.9 Å². The summed E-state index contributed by atoms with van der Waals surface area (Å²) in [4.78, 5) is 10.4. The number of nitro benzene ring substituents is 1. The highest BCUT2D eigenvalue weighted by molar-refractivity contribution is 6.32. The summed E-state index contributed by atoms with van der Waals surface area (Å²) in [6.07, 6.45) is 0. The van der Waals surface area contributed by atoms with Crippen LogP contribution >= 0.6 is 11.6 Å². The van der Waals surface area contributed by atoms with Crippen LogP contribution in [0.3, 0.4) is 0 Å². The molecule has 2 aromatic carbocycles. The fourth-order valence-corrected chi connectivity index (χ4v) is 2.20. The van der Waals surface area contributed by atoms with E-state index in [0.29, 0.717) is 5.69 Å². The van der Waals surface area contributed by atoms with Crippen LogP contribution in [0.4, 0.5) is 11.4 Å². The fraction of sp³-hybridized carbons (Fsp3) is 0.200. The van der Waals surface area contributed by atoms with Gasteiger partial charge in [0.15, 0.2) is 0 Å². The van der Waals surface area contributed by atoms with Gasteiger partial charge in [-0.3, -0.25) is 10.1 Å². The summed E-state index contributed by atoms with van der Waals surface area (Å²) >= 11 is 5.80. The number of hydrogen-bond donors (Lipinski definition) is 1. The molecule has 0 radical (unpaired) electrons. The molecule has 0 aliphatic rings. The van der Waals surface area contributed by atoms with E-state index in [0.717, 1.165) is 5.56 Å². The van der Waals surface area contributed by atoms with Crippen LogP contribution in [0, 0.1) is 17.0 Å². The first-order valence-electron chi connectivity index (χ1n) is 6.24. The van der Waals surface area contributed by atoms with Crippen LogP contribution in [-0.4, -0.2) is 4.92 Å². The number of nitrogens with zero attached hydrogens (tertiary/aromatic N) is 1. The minimum Gasteiger partial charge on any atom is -0.378 e. The molecule has 1 unspecified atom stereocenters. The van der Waals surface area contributed by atoms with Gasteiger partial charge in [0, 0.05) is 17.8 Å². The van der Waals surface area contributed by atoms with Gasteiger partial charge in [-0.15, -0.1) is 0 Å². The molecule has 1 N–H and O–H groups in total. The first kappa shape index (κ1) is 14.3. The highest BCUT2D eigenvalue weighted by atomic mass is 35.5. The molecule has 0 bridgehead atoms. The van der Waals surface area contributed by atoms with Gasteiger partial charge in [-0.25, -0.2) is 0 Å². The second kappa shape index (κ2) is 5.92. The molecule has 1 atom stereocenters. The number of rotatable bonds is 4. The number of nitrogens with one attached hydrogen (secondary N) is 1. The van der Waals surface area contributed by atoms with Gasteiger partial charge in [0.2, 0.25) is 0 Å². The topological polar surface area (TPSA) is 55.2 Å². The van der Waals surface area contributed by atoms with E-state index in [9.17, 15) is 10.1 Å². The maximum Gasteiger partial charge on any atom is 0.289 e. The molecule has 5 heteroatoms. The first-order chi connectivity index (χ1) is 9.47. The lowest BCUT2D eigenvalue weighted by atomic mass is 10.1. The van der Waals surface area contributed by atoms with Crippen molar-refractivity contribution in [2.75, 3.05) is 5.32 Å². The SMILES string of the molecule is Cc1cccc(C(C)Nc2ccc(Cl)c([N+](=O)[O-])c2)c1. The van der Waals surface area contributed by atoms with Crippen molar-refractivity contribution in [1.82, 2.24) is 0 Å². The Kier molecular flexibility index (Phi) is 4.25. The summed E-state index contributed by atoms with van der Waals surface area (Å²) in [6, 6.07) is 12.9. The summed E-state index contributed by atoms with van der Waals surface area (Å²) in [5, 5.41) is 14.3. The Morgan fingerprint density at radius 2 is 2.00 bits per heavy atom. The van der Waals surface area contributed by atoms with Gasteiger partial charge in [-0.2, -0.15) is 0 Å². The molecule has 0 fully saturated rings. The Bertz CT molecular complexity index is 644. The van der Waals surface area contributed by atoms with Crippen LogP contribution in [0.15, 0.2) is 42.5 Å². The van der Waals surface area contributed by atoms with Crippen molar-refractivity contribution in [3.8, 4) is 0 Å². The average Bonchev–Trinajstić information content (AvgIpc) is 2.40. The van der Waals surface area contributed by atoms with E-state index in [2.05, 4.69) is 11.4 Å². The summed E-state index contributed by atoms with van der Waals surface area (Å²) in [5.41, 5.74) is 2.89. The molecule has 2 aromatic rings. The molecule has 0 aliphatic carbocycles. The van der Waals surface area contributed by atoms with Crippen LogP contribution in [-0.2, 0) is 0 Å². The van der Waals surface area contributed by atoms with Crippen molar-refractivity contribution in [2.24, 2.45) is 0 Å². The zero-order valence-corrected chi connectivity index (χ0v) is 12.0.